The third kappa shape index (κ3) is 1.83. The third-order valence-corrected chi connectivity index (χ3v) is 4.31. The number of hydrogen-bond acceptors (Lipinski definition) is 4. The molecule has 0 aromatic heterocycles. The van der Waals surface area contributed by atoms with E-state index in [0.29, 0.717) is 6.42 Å². The van der Waals surface area contributed by atoms with E-state index in [1.54, 1.807) is 0 Å². The van der Waals surface area contributed by atoms with Gasteiger partial charge in [-0.05, 0) is 18.6 Å². The zero-order valence-electron chi connectivity index (χ0n) is 9.07. The number of nitriles is 1. The average molecular weight is 252 g/mol. The van der Waals surface area contributed by atoms with Crippen LogP contribution in [0.5, 0.6) is 0 Å². The normalized spacial score (nSPS) is 17.1. The Morgan fingerprint density at radius 3 is 2.82 bits per heavy atom. The molecule has 0 amide bonds. The molecule has 2 rings (SSSR count). The summed E-state index contributed by atoms with van der Waals surface area (Å²) in [6, 6.07) is 2.45. The van der Waals surface area contributed by atoms with Crippen LogP contribution in [0.2, 0.25) is 0 Å². The highest BCUT2D eigenvalue weighted by Crippen LogP contribution is 2.31. The van der Waals surface area contributed by atoms with E-state index in [4.69, 9.17) is 5.26 Å². The molecule has 4 nitrogen and oxygen atoms in total. The van der Waals surface area contributed by atoms with Crippen molar-refractivity contribution in [1.82, 2.24) is 0 Å². The number of benzene rings is 1. The topological polar surface area (TPSA) is 70.3 Å². The zero-order chi connectivity index (χ0) is 12.6. The first-order valence-corrected chi connectivity index (χ1v) is 6.84. The van der Waals surface area contributed by atoms with Crippen LogP contribution in [0.1, 0.15) is 22.3 Å². The van der Waals surface area contributed by atoms with Crippen LogP contribution in [0.15, 0.2) is 21.4 Å². The van der Waals surface area contributed by atoms with E-state index in [2.05, 4.69) is 4.36 Å². The number of nitrogens with zero attached hydrogens (tertiary/aromatic N) is 2. The Labute approximate surface area is 98.2 Å². The highest BCUT2D eigenvalue weighted by atomic mass is 32.2. The fourth-order valence-electron chi connectivity index (χ4n) is 1.96. The van der Waals surface area contributed by atoms with Gasteiger partial charge in [0, 0.05) is 23.8 Å². The molecular weight excluding hydrogens is 243 g/mol. The summed E-state index contributed by atoms with van der Waals surface area (Å²) >= 11 is 0. The molecule has 1 aliphatic rings. The van der Waals surface area contributed by atoms with Crippen molar-refractivity contribution in [3.63, 3.8) is 0 Å². The minimum Gasteiger partial charge on any atom is -0.294 e. The van der Waals surface area contributed by atoms with Gasteiger partial charge in [-0.1, -0.05) is 0 Å². The molecule has 1 aromatic carbocycles. The summed E-state index contributed by atoms with van der Waals surface area (Å²) < 4.78 is 28.9. The van der Waals surface area contributed by atoms with E-state index >= 15 is 0 Å². The standard InChI is InChI=1S/C11H9FN2O2S/c1-17(16,14-6-13)10-5-3-8(12)7-2-4-9(15)11(7)10/h3,5H,2,4H2,1H3. The zero-order valence-corrected chi connectivity index (χ0v) is 9.88. The fraction of sp³-hybridized carbons (Fsp3) is 0.273. The minimum absolute atomic E-state index is 0.150. The SMILES string of the molecule is CS(=O)(=NC#N)c1ccc(F)c2c1C(=O)CC2. The molecule has 0 fully saturated rings. The van der Waals surface area contributed by atoms with Gasteiger partial charge in [0.25, 0.3) is 0 Å². The quantitative estimate of drug-likeness (QED) is 0.716. The van der Waals surface area contributed by atoms with Crippen LogP contribution < -0.4 is 0 Å². The molecule has 0 spiro atoms. The van der Waals surface area contributed by atoms with Crippen molar-refractivity contribution in [2.75, 3.05) is 6.26 Å². The van der Waals surface area contributed by atoms with E-state index in [0.717, 1.165) is 0 Å². The van der Waals surface area contributed by atoms with Gasteiger partial charge in [0.15, 0.2) is 5.78 Å². The largest absolute Gasteiger partial charge is 0.294 e. The third-order valence-electron chi connectivity index (χ3n) is 2.72. The lowest BCUT2D eigenvalue weighted by Crippen LogP contribution is -2.06. The van der Waals surface area contributed by atoms with Crippen molar-refractivity contribution in [2.45, 2.75) is 17.7 Å². The molecule has 0 saturated carbocycles. The summed E-state index contributed by atoms with van der Waals surface area (Å²) in [4.78, 5) is 11.8. The summed E-state index contributed by atoms with van der Waals surface area (Å²) in [5, 5.41) is 8.48. The number of rotatable bonds is 1. The van der Waals surface area contributed by atoms with Gasteiger partial charge < -0.3 is 0 Å². The lowest BCUT2D eigenvalue weighted by atomic mass is 10.1. The summed E-state index contributed by atoms with van der Waals surface area (Å²) in [5.74, 6) is -0.709. The maximum absolute atomic E-state index is 13.5. The number of halogens is 1. The van der Waals surface area contributed by atoms with Crippen LogP contribution >= 0.6 is 0 Å². The molecule has 1 aromatic rings. The molecule has 0 heterocycles. The van der Waals surface area contributed by atoms with Gasteiger partial charge in [-0.3, -0.25) is 4.79 Å². The number of carbonyl (C=O) groups excluding carboxylic acids is 1. The molecule has 17 heavy (non-hydrogen) atoms. The van der Waals surface area contributed by atoms with Gasteiger partial charge in [0.05, 0.1) is 14.6 Å². The minimum atomic E-state index is -2.96. The first kappa shape index (κ1) is 11.7. The number of Topliss-reactive ketones (excluding diaryl/α,β-unsaturated/α-hetero) is 1. The number of fused-ring (bicyclic) bond motifs is 1. The van der Waals surface area contributed by atoms with E-state index in [1.165, 1.54) is 24.6 Å². The van der Waals surface area contributed by atoms with E-state index in [-0.39, 0.29) is 28.2 Å². The monoisotopic (exact) mass is 252 g/mol. The molecule has 88 valence electrons. The fourth-order valence-corrected chi connectivity index (χ4v) is 3.15. The number of ketones is 1. The Hall–Kier alpha value is -1.74. The van der Waals surface area contributed by atoms with Gasteiger partial charge in [-0.15, -0.1) is 4.36 Å². The number of hydrogen-bond donors (Lipinski definition) is 0. The molecule has 0 radical (unpaired) electrons. The highest BCUT2D eigenvalue weighted by molar-refractivity contribution is 7.93. The van der Waals surface area contributed by atoms with Gasteiger partial charge >= 0.3 is 0 Å². The molecule has 0 saturated heterocycles. The maximum atomic E-state index is 13.5. The van der Waals surface area contributed by atoms with Crippen LogP contribution in [0.3, 0.4) is 0 Å². The molecular formula is C11H9FN2O2S. The van der Waals surface area contributed by atoms with Gasteiger partial charge in [0.1, 0.15) is 5.82 Å². The summed E-state index contributed by atoms with van der Waals surface area (Å²) in [6.07, 6.45) is 3.27. The molecule has 1 atom stereocenters. The molecule has 0 bridgehead atoms. The molecule has 1 aliphatic carbocycles. The lowest BCUT2D eigenvalue weighted by Gasteiger charge is -2.08. The van der Waals surface area contributed by atoms with Crippen molar-refractivity contribution in [3.05, 3.63) is 29.1 Å². The van der Waals surface area contributed by atoms with E-state index in [1.807, 2.05) is 0 Å². The molecule has 6 heteroatoms. The van der Waals surface area contributed by atoms with E-state index < -0.39 is 15.5 Å². The summed E-state index contributed by atoms with van der Waals surface area (Å²) in [5.41, 5.74) is 0.437. The Kier molecular flexibility index (Phi) is 2.71. The van der Waals surface area contributed by atoms with E-state index in [9.17, 15) is 13.4 Å². The van der Waals surface area contributed by atoms with Crippen molar-refractivity contribution >= 4 is 15.5 Å². The predicted molar refractivity (Wildman–Crippen MR) is 59.4 cm³/mol. The smallest absolute Gasteiger partial charge is 0.214 e. The second-order valence-corrected chi connectivity index (χ2v) is 6.04. The van der Waals surface area contributed by atoms with Crippen LogP contribution in [-0.4, -0.2) is 16.2 Å². The van der Waals surface area contributed by atoms with Gasteiger partial charge in [-0.2, -0.15) is 5.26 Å². The molecule has 0 aliphatic heterocycles. The first-order chi connectivity index (χ1) is 7.97. The maximum Gasteiger partial charge on any atom is 0.214 e. The van der Waals surface area contributed by atoms with Crippen molar-refractivity contribution in [1.29, 1.82) is 5.26 Å². The first-order valence-electron chi connectivity index (χ1n) is 4.92. The number of carbonyl (C=O) groups is 1. The Balaban J connectivity index is 2.81. The summed E-state index contributed by atoms with van der Waals surface area (Å²) in [6.45, 7) is 0. The van der Waals surface area contributed by atoms with Crippen LogP contribution in [0.25, 0.3) is 0 Å². The van der Waals surface area contributed by atoms with Gasteiger partial charge in [-0.25, -0.2) is 8.60 Å². The highest BCUT2D eigenvalue weighted by Gasteiger charge is 2.28. The van der Waals surface area contributed by atoms with Crippen LogP contribution in [0.4, 0.5) is 4.39 Å². The molecule has 1 unspecified atom stereocenters. The lowest BCUT2D eigenvalue weighted by molar-refractivity contribution is 0.0992. The Bertz CT molecular complexity index is 667. The molecule has 0 N–H and O–H groups in total. The van der Waals surface area contributed by atoms with Crippen LogP contribution in [0, 0.1) is 17.3 Å². The Morgan fingerprint density at radius 2 is 2.18 bits per heavy atom. The van der Waals surface area contributed by atoms with Gasteiger partial charge in [0.2, 0.25) is 6.19 Å². The van der Waals surface area contributed by atoms with Crippen LogP contribution in [-0.2, 0) is 16.1 Å². The van der Waals surface area contributed by atoms with Crippen molar-refractivity contribution in [2.24, 2.45) is 4.36 Å². The Morgan fingerprint density at radius 1 is 1.47 bits per heavy atom. The van der Waals surface area contributed by atoms with Crippen molar-refractivity contribution in [3.8, 4) is 6.19 Å². The van der Waals surface area contributed by atoms with Crippen molar-refractivity contribution < 1.29 is 13.4 Å². The average Bonchev–Trinajstić information content (AvgIpc) is 2.62. The summed E-state index contributed by atoms with van der Waals surface area (Å²) in [7, 11) is -2.96. The second-order valence-electron chi connectivity index (χ2n) is 3.82. The second kappa shape index (κ2) is 3.93. The predicted octanol–water partition coefficient (Wildman–Crippen LogP) is 1.89.